The second kappa shape index (κ2) is 4.67. The van der Waals surface area contributed by atoms with Crippen molar-refractivity contribution in [2.45, 2.75) is 31.3 Å². The van der Waals surface area contributed by atoms with Gasteiger partial charge in [-0.05, 0) is 31.0 Å². The number of ketones is 1. The Morgan fingerprint density at radius 1 is 1.22 bits per heavy atom. The molecule has 0 bridgehead atoms. The Morgan fingerprint density at radius 2 is 2.11 bits per heavy atom. The van der Waals surface area contributed by atoms with Crippen molar-refractivity contribution in [2.75, 3.05) is 13.2 Å². The monoisotopic (exact) mass is 311 g/mol. The maximum absolute atomic E-state index is 10.3. The Balaban J connectivity index is 1.95. The lowest BCUT2D eigenvalue weighted by molar-refractivity contribution is 0.0436. The van der Waals surface area contributed by atoms with Gasteiger partial charge in [-0.15, -0.1) is 0 Å². The van der Waals surface area contributed by atoms with E-state index in [1.54, 1.807) is 0 Å². The molecular formula is C14H16BrO3+. The molecule has 18 heavy (non-hydrogen) atoms. The van der Waals surface area contributed by atoms with Crippen molar-refractivity contribution in [1.29, 1.82) is 0 Å². The molecule has 96 valence electrons. The van der Waals surface area contributed by atoms with Gasteiger partial charge in [0.2, 0.25) is 0 Å². The number of hydrogen-bond donors (Lipinski definition) is 0. The maximum Gasteiger partial charge on any atom is 0.331 e. The predicted molar refractivity (Wildman–Crippen MR) is 72.8 cm³/mol. The number of ether oxygens (including phenoxy) is 2. The smallest absolute Gasteiger partial charge is 0.331 e. The molecule has 1 N–H and O–H groups in total. The summed E-state index contributed by atoms with van der Waals surface area (Å²) < 4.78 is 12.6. The average Bonchev–Trinajstić information content (AvgIpc) is 2.56. The molecular weight excluding hydrogens is 296 g/mol. The molecule has 0 saturated carbocycles. The van der Waals surface area contributed by atoms with Gasteiger partial charge >= 0.3 is 5.78 Å². The molecule has 2 aliphatic heterocycles. The van der Waals surface area contributed by atoms with E-state index < -0.39 is 0 Å². The fourth-order valence-electron chi connectivity index (χ4n) is 2.75. The second-order valence-corrected chi connectivity index (χ2v) is 5.93. The molecule has 0 radical (unpaired) electrons. The minimum atomic E-state index is -0.276. The molecule has 1 fully saturated rings. The molecule has 1 aromatic rings. The van der Waals surface area contributed by atoms with E-state index in [1.165, 1.54) is 0 Å². The molecule has 1 saturated heterocycles. The largest absolute Gasteiger partial charge is 0.485 e. The van der Waals surface area contributed by atoms with Crippen LogP contribution in [0.5, 0.6) is 5.75 Å². The zero-order valence-electron chi connectivity index (χ0n) is 10.1. The normalized spacial score (nSPS) is 27.5. The van der Waals surface area contributed by atoms with E-state index in [9.17, 15) is 4.79 Å². The van der Waals surface area contributed by atoms with Crippen LogP contribution in [0.4, 0.5) is 0 Å². The number of fused-ring (bicyclic) bond motifs is 1. The van der Waals surface area contributed by atoms with E-state index in [-0.39, 0.29) is 5.60 Å². The summed E-state index contributed by atoms with van der Waals surface area (Å²) in [4.78, 5) is 10.3. The lowest BCUT2D eigenvalue weighted by atomic mass is 9.84. The molecule has 3 nitrogen and oxygen atoms in total. The highest BCUT2D eigenvalue weighted by molar-refractivity contribution is 9.10. The Morgan fingerprint density at radius 3 is 3.00 bits per heavy atom. The van der Waals surface area contributed by atoms with Gasteiger partial charge in [0, 0.05) is 17.5 Å². The molecule has 2 aliphatic rings. The third-order valence-corrected chi connectivity index (χ3v) is 4.18. The summed E-state index contributed by atoms with van der Waals surface area (Å²) in [6.07, 6.45) is 3.35. The number of hydrogen-bond acceptors (Lipinski definition) is 2. The van der Waals surface area contributed by atoms with Crippen LogP contribution in [0.1, 0.15) is 31.2 Å². The quantitative estimate of drug-likeness (QED) is 0.691. The van der Waals surface area contributed by atoms with Crippen molar-refractivity contribution in [3.63, 3.8) is 0 Å². The van der Waals surface area contributed by atoms with Crippen molar-refractivity contribution in [2.24, 2.45) is 0 Å². The summed E-state index contributed by atoms with van der Waals surface area (Å²) in [6.45, 7) is 1.50. The van der Waals surface area contributed by atoms with Crippen LogP contribution in [0, 0.1) is 0 Å². The lowest BCUT2D eigenvalue weighted by Crippen LogP contribution is -2.42. The van der Waals surface area contributed by atoms with E-state index in [0.717, 1.165) is 41.7 Å². The van der Waals surface area contributed by atoms with Gasteiger partial charge in [0.1, 0.15) is 23.3 Å². The van der Waals surface area contributed by atoms with Crippen molar-refractivity contribution in [1.82, 2.24) is 0 Å². The predicted octanol–water partition coefficient (Wildman–Crippen LogP) is 3.06. The summed E-state index contributed by atoms with van der Waals surface area (Å²) in [5, 5.41) is 0. The summed E-state index contributed by atoms with van der Waals surface area (Å²) in [6, 6.07) is 5.77. The third-order valence-electron chi connectivity index (χ3n) is 3.69. The van der Waals surface area contributed by atoms with Crippen LogP contribution >= 0.6 is 15.9 Å². The Kier molecular flexibility index (Phi) is 3.16. The fourth-order valence-corrected chi connectivity index (χ4v) is 3.11. The van der Waals surface area contributed by atoms with Crippen molar-refractivity contribution >= 4 is 21.7 Å². The molecule has 1 aromatic carbocycles. The SMILES string of the molecule is [OH+]=C1CC2(CCCOCC2)Oc2ccc(Br)cc21. The third kappa shape index (κ3) is 2.19. The van der Waals surface area contributed by atoms with E-state index >= 15 is 0 Å². The fraction of sp³-hybridized carbons (Fsp3) is 0.500. The summed E-state index contributed by atoms with van der Waals surface area (Å²) in [7, 11) is 0. The van der Waals surface area contributed by atoms with Crippen LogP contribution in [0.15, 0.2) is 22.7 Å². The van der Waals surface area contributed by atoms with Gasteiger partial charge in [-0.2, -0.15) is 0 Å². The lowest BCUT2D eigenvalue weighted by Gasteiger charge is -2.35. The zero-order chi connectivity index (χ0) is 12.6. The highest BCUT2D eigenvalue weighted by Gasteiger charge is 2.43. The first-order chi connectivity index (χ1) is 8.69. The van der Waals surface area contributed by atoms with Gasteiger partial charge in [0.15, 0.2) is 0 Å². The van der Waals surface area contributed by atoms with E-state index in [2.05, 4.69) is 15.9 Å². The number of benzene rings is 1. The molecule has 1 unspecified atom stereocenters. The van der Waals surface area contributed by atoms with Crippen LogP contribution in [-0.4, -0.2) is 29.4 Å². The van der Waals surface area contributed by atoms with E-state index in [1.807, 2.05) is 18.2 Å². The summed E-state index contributed by atoms with van der Waals surface area (Å²) in [5.74, 6) is 1.21. The van der Waals surface area contributed by atoms with Crippen LogP contribution < -0.4 is 4.74 Å². The van der Waals surface area contributed by atoms with Crippen LogP contribution in [0.25, 0.3) is 0 Å². The number of rotatable bonds is 0. The first-order valence-electron chi connectivity index (χ1n) is 6.30. The summed E-state index contributed by atoms with van der Waals surface area (Å²) >= 11 is 3.42. The average molecular weight is 312 g/mol. The second-order valence-electron chi connectivity index (χ2n) is 5.01. The minimum Gasteiger partial charge on any atom is -0.485 e. The van der Waals surface area contributed by atoms with Crippen LogP contribution in [0.3, 0.4) is 0 Å². The van der Waals surface area contributed by atoms with Gasteiger partial charge in [-0.25, -0.2) is 0 Å². The molecule has 0 amide bonds. The molecule has 4 heteroatoms. The zero-order valence-corrected chi connectivity index (χ0v) is 11.7. The van der Waals surface area contributed by atoms with Gasteiger partial charge < -0.3 is 9.47 Å². The number of carbonyl (C=O) groups excluding carboxylic acids is 1. The highest BCUT2D eigenvalue weighted by Crippen LogP contribution is 2.39. The molecule has 0 aliphatic carbocycles. The minimum absolute atomic E-state index is 0.276. The van der Waals surface area contributed by atoms with Crippen molar-refractivity contribution in [3.8, 4) is 5.75 Å². The van der Waals surface area contributed by atoms with Gasteiger partial charge in [-0.3, -0.25) is 4.79 Å². The standard InChI is InChI=1S/C14H15BrO3/c15-10-2-3-13-11(8-10)12(16)9-14(18-13)4-1-6-17-7-5-14/h2-3,8H,1,4-7,9H2/p+1. The molecule has 0 aromatic heterocycles. The van der Waals surface area contributed by atoms with E-state index in [0.29, 0.717) is 18.8 Å². The highest BCUT2D eigenvalue weighted by atomic mass is 79.9. The first kappa shape index (κ1) is 12.2. The topological polar surface area (TPSA) is 39.9 Å². The Bertz CT molecular complexity index is 476. The van der Waals surface area contributed by atoms with Gasteiger partial charge in [0.25, 0.3) is 0 Å². The molecule has 3 rings (SSSR count). The van der Waals surface area contributed by atoms with E-state index in [4.69, 9.17) is 9.47 Å². The molecule has 1 atom stereocenters. The first-order valence-corrected chi connectivity index (χ1v) is 7.09. The van der Waals surface area contributed by atoms with Crippen LogP contribution in [0.2, 0.25) is 0 Å². The summed E-state index contributed by atoms with van der Waals surface area (Å²) in [5.41, 5.74) is 0.529. The van der Waals surface area contributed by atoms with Crippen molar-refractivity contribution in [3.05, 3.63) is 28.2 Å². The molecule has 1 spiro atoms. The Hall–Kier alpha value is -0.870. The van der Waals surface area contributed by atoms with Crippen molar-refractivity contribution < 1.29 is 14.3 Å². The Labute approximate surface area is 115 Å². The number of halogens is 1. The van der Waals surface area contributed by atoms with Crippen LogP contribution in [-0.2, 0) is 4.74 Å². The maximum atomic E-state index is 10.3. The van der Waals surface area contributed by atoms with Gasteiger partial charge in [0.05, 0.1) is 6.61 Å². The van der Waals surface area contributed by atoms with Gasteiger partial charge in [-0.1, -0.05) is 15.9 Å². The molecule has 2 heterocycles.